The Balaban J connectivity index is 3.46. The summed E-state index contributed by atoms with van der Waals surface area (Å²) in [5.74, 6) is 0.651. The fraction of sp³-hybridized carbons (Fsp3) is 0.556. The topological polar surface area (TPSA) is 45.8 Å². The molecule has 0 spiro atoms. The summed E-state index contributed by atoms with van der Waals surface area (Å²) in [6.45, 7) is 7.86. The molecule has 1 rings (SSSR count). The van der Waals surface area contributed by atoms with Crippen LogP contribution in [0, 0.1) is 6.92 Å². The number of H-pyrrole nitrogens is 1. The largest absolute Gasteiger partial charge is 0.310 e. The Labute approximate surface area is 85.7 Å². The number of hydrogen-bond donors (Lipinski definition) is 1. The molecule has 0 aliphatic rings. The molecule has 1 aromatic heterocycles. The molecule has 1 aromatic rings. The third kappa shape index (κ3) is 2.18. The van der Waals surface area contributed by atoms with Crippen molar-refractivity contribution in [1.82, 2.24) is 9.97 Å². The minimum absolute atomic E-state index is 0.113. The van der Waals surface area contributed by atoms with Crippen LogP contribution in [0.25, 0.3) is 0 Å². The van der Waals surface area contributed by atoms with Crippen LogP contribution >= 0.6 is 15.9 Å². The summed E-state index contributed by atoms with van der Waals surface area (Å²) in [6.07, 6.45) is 0. The first-order valence-electron chi connectivity index (χ1n) is 4.09. The van der Waals surface area contributed by atoms with Crippen molar-refractivity contribution in [1.29, 1.82) is 0 Å². The number of halogens is 1. The van der Waals surface area contributed by atoms with Crippen LogP contribution in [0.2, 0.25) is 0 Å². The molecule has 0 aromatic carbocycles. The van der Waals surface area contributed by atoms with Crippen LogP contribution in [0.3, 0.4) is 0 Å². The highest BCUT2D eigenvalue weighted by atomic mass is 79.9. The van der Waals surface area contributed by atoms with Gasteiger partial charge in [-0.05, 0) is 22.9 Å². The van der Waals surface area contributed by atoms with Gasteiger partial charge < -0.3 is 4.98 Å². The fourth-order valence-corrected chi connectivity index (χ4v) is 1.85. The number of aromatic nitrogens is 2. The van der Waals surface area contributed by atoms with Gasteiger partial charge in [-0.1, -0.05) is 20.8 Å². The van der Waals surface area contributed by atoms with Crippen LogP contribution in [0.4, 0.5) is 0 Å². The van der Waals surface area contributed by atoms with Crippen LogP contribution in [0.1, 0.15) is 32.3 Å². The summed E-state index contributed by atoms with van der Waals surface area (Å²) in [5, 5.41) is 0. The van der Waals surface area contributed by atoms with E-state index >= 15 is 0 Å². The molecule has 0 saturated heterocycles. The molecule has 0 bridgehead atoms. The second-order valence-corrected chi connectivity index (χ2v) is 4.86. The molecule has 1 heterocycles. The molecule has 0 aliphatic heterocycles. The van der Waals surface area contributed by atoms with E-state index in [0.29, 0.717) is 10.3 Å². The third-order valence-electron chi connectivity index (χ3n) is 1.69. The fourth-order valence-electron chi connectivity index (χ4n) is 1.07. The Hall–Kier alpha value is -0.640. The predicted octanol–water partition coefficient (Wildman–Crippen LogP) is 2.14. The molecule has 0 radical (unpaired) electrons. The van der Waals surface area contributed by atoms with E-state index in [2.05, 4.69) is 25.9 Å². The summed E-state index contributed by atoms with van der Waals surface area (Å²) < 4.78 is 0.533. The lowest BCUT2D eigenvalue weighted by Crippen LogP contribution is -2.22. The average molecular weight is 245 g/mol. The number of aromatic amines is 1. The SMILES string of the molecule is Cc1nc(C(C)(C)C)c(Br)c(=O)[nH]1. The van der Waals surface area contributed by atoms with Gasteiger partial charge in [-0.2, -0.15) is 0 Å². The van der Waals surface area contributed by atoms with E-state index in [1.54, 1.807) is 6.92 Å². The van der Waals surface area contributed by atoms with Gasteiger partial charge in [-0.25, -0.2) is 4.98 Å². The number of nitrogens with one attached hydrogen (secondary N) is 1. The number of aryl methyl sites for hydroxylation is 1. The molecule has 0 unspecified atom stereocenters. The number of nitrogens with zero attached hydrogens (tertiary/aromatic N) is 1. The maximum absolute atomic E-state index is 11.4. The minimum atomic E-state index is -0.113. The lowest BCUT2D eigenvalue weighted by molar-refractivity contribution is 0.558. The molecule has 3 nitrogen and oxygen atoms in total. The van der Waals surface area contributed by atoms with Crippen LogP contribution in [-0.4, -0.2) is 9.97 Å². The average Bonchev–Trinajstić information content (AvgIpc) is 1.94. The van der Waals surface area contributed by atoms with Gasteiger partial charge >= 0.3 is 0 Å². The molecule has 1 N–H and O–H groups in total. The van der Waals surface area contributed by atoms with Crippen LogP contribution < -0.4 is 5.56 Å². The number of rotatable bonds is 0. The second kappa shape index (κ2) is 3.25. The maximum atomic E-state index is 11.4. The Bertz CT molecular complexity index is 376. The van der Waals surface area contributed by atoms with Crippen molar-refractivity contribution in [3.63, 3.8) is 0 Å². The molecular weight excluding hydrogens is 232 g/mol. The van der Waals surface area contributed by atoms with E-state index < -0.39 is 0 Å². The highest BCUT2D eigenvalue weighted by Gasteiger charge is 2.20. The van der Waals surface area contributed by atoms with Crippen molar-refractivity contribution in [3.05, 3.63) is 26.3 Å². The van der Waals surface area contributed by atoms with E-state index in [1.807, 2.05) is 20.8 Å². The van der Waals surface area contributed by atoms with Crippen LogP contribution in [-0.2, 0) is 5.41 Å². The van der Waals surface area contributed by atoms with E-state index in [0.717, 1.165) is 5.69 Å². The first-order valence-corrected chi connectivity index (χ1v) is 4.88. The maximum Gasteiger partial charge on any atom is 0.265 e. The zero-order valence-corrected chi connectivity index (χ0v) is 9.82. The minimum Gasteiger partial charge on any atom is -0.310 e. The van der Waals surface area contributed by atoms with Crippen molar-refractivity contribution in [2.24, 2.45) is 0 Å². The Morgan fingerprint density at radius 3 is 2.38 bits per heavy atom. The van der Waals surface area contributed by atoms with Crippen molar-refractivity contribution in [2.75, 3.05) is 0 Å². The monoisotopic (exact) mass is 244 g/mol. The normalized spacial score (nSPS) is 11.8. The van der Waals surface area contributed by atoms with Crippen molar-refractivity contribution >= 4 is 15.9 Å². The van der Waals surface area contributed by atoms with Gasteiger partial charge in [-0.15, -0.1) is 0 Å². The lowest BCUT2D eigenvalue weighted by atomic mass is 9.92. The summed E-state index contributed by atoms with van der Waals surface area (Å²) in [6, 6.07) is 0. The molecule has 72 valence electrons. The van der Waals surface area contributed by atoms with Crippen LogP contribution in [0.5, 0.6) is 0 Å². The van der Waals surface area contributed by atoms with Crippen molar-refractivity contribution < 1.29 is 0 Å². The predicted molar refractivity (Wildman–Crippen MR) is 56.0 cm³/mol. The Kier molecular flexibility index (Phi) is 2.61. The lowest BCUT2D eigenvalue weighted by Gasteiger charge is -2.18. The van der Waals surface area contributed by atoms with Crippen LogP contribution in [0.15, 0.2) is 9.27 Å². The van der Waals surface area contributed by atoms with Gasteiger partial charge in [0.2, 0.25) is 0 Å². The Morgan fingerprint density at radius 2 is 1.92 bits per heavy atom. The quantitative estimate of drug-likeness (QED) is 0.761. The molecule has 0 aliphatic carbocycles. The molecule has 0 atom stereocenters. The van der Waals surface area contributed by atoms with Gasteiger partial charge in [0, 0.05) is 5.41 Å². The van der Waals surface area contributed by atoms with Gasteiger partial charge in [0.25, 0.3) is 5.56 Å². The zero-order valence-electron chi connectivity index (χ0n) is 8.23. The number of hydrogen-bond acceptors (Lipinski definition) is 2. The van der Waals surface area contributed by atoms with E-state index in [-0.39, 0.29) is 11.0 Å². The summed E-state index contributed by atoms with van der Waals surface area (Å²) >= 11 is 3.24. The molecule has 13 heavy (non-hydrogen) atoms. The van der Waals surface area contributed by atoms with E-state index in [9.17, 15) is 4.79 Å². The van der Waals surface area contributed by atoms with Crippen molar-refractivity contribution in [2.45, 2.75) is 33.1 Å². The molecule has 0 fully saturated rings. The molecule has 0 saturated carbocycles. The third-order valence-corrected chi connectivity index (χ3v) is 2.43. The first-order chi connectivity index (χ1) is 5.82. The van der Waals surface area contributed by atoms with Gasteiger partial charge in [0.05, 0.1) is 5.69 Å². The van der Waals surface area contributed by atoms with Gasteiger partial charge in [0.1, 0.15) is 10.3 Å². The Morgan fingerprint density at radius 1 is 1.38 bits per heavy atom. The highest BCUT2D eigenvalue weighted by Crippen LogP contribution is 2.24. The first kappa shape index (κ1) is 10.4. The summed E-state index contributed by atoms with van der Waals surface area (Å²) in [4.78, 5) is 18.3. The van der Waals surface area contributed by atoms with Gasteiger partial charge in [0.15, 0.2) is 0 Å². The second-order valence-electron chi connectivity index (χ2n) is 4.06. The standard InChI is InChI=1S/C9H13BrN2O/c1-5-11-7(9(2,3)4)6(10)8(13)12-5/h1-4H3,(H,11,12,13). The smallest absolute Gasteiger partial charge is 0.265 e. The molecule has 0 amide bonds. The summed E-state index contributed by atoms with van der Waals surface area (Å²) in [5.41, 5.74) is 0.573. The molecular formula is C9H13BrN2O. The van der Waals surface area contributed by atoms with E-state index in [1.165, 1.54) is 0 Å². The van der Waals surface area contributed by atoms with E-state index in [4.69, 9.17) is 0 Å². The van der Waals surface area contributed by atoms with Gasteiger partial charge in [-0.3, -0.25) is 4.79 Å². The highest BCUT2D eigenvalue weighted by molar-refractivity contribution is 9.10. The zero-order chi connectivity index (χ0) is 10.2. The molecule has 4 heteroatoms. The van der Waals surface area contributed by atoms with Crippen molar-refractivity contribution in [3.8, 4) is 0 Å². The summed E-state index contributed by atoms with van der Waals surface area (Å²) in [7, 11) is 0.